The number of carbonyl (C=O) groups excluding carboxylic acids is 1. The van der Waals surface area contributed by atoms with Crippen LogP contribution in [-0.4, -0.2) is 33.5 Å². The molecule has 0 fully saturated rings. The van der Waals surface area contributed by atoms with Crippen LogP contribution in [0.2, 0.25) is 0 Å². The molecule has 3 aromatic rings. The minimum Gasteiger partial charge on any atom is -0.465 e. The maximum atomic E-state index is 11.7. The van der Waals surface area contributed by atoms with Crippen LogP contribution < -0.4 is 5.32 Å². The lowest BCUT2D eigenvalue weighted by Gasteiger charge is -2.24. The highest BCUT2D eigenvalue weighted by atomic mass is 16.4. The number of aromatic amines is 1. The van der Waals surface area contributed by atoms with Crippen LogP contribution in [0, 0.1) is 0 Å². The highest BCUT2D eigenvalue weighted by Gasteiger charge is 2.24. The molecule has 1 aliphatic carbocycles. The Bertz CT molecular complexity index is 1000. The number of hydrogen-bond acceptors (Lipinski definition) is 4. The number of rotatable bonds is 4. The smallest absolute Gasteiger partial charge is 0.404 e. The molecule has 1 unspecified atom stereocenters. The molecule has 0 saturated heterocycles. The predicted molar refractivity (Wildman–Crippen MR) is 96.0 cm³/mol. The van der Waals surface area contributed by atoms with Gasteiger partial charge in [-0.25, -0.2) is 9.78 Å². The van der Waals surface area contributed by atoms with Gasteiger partial charge in [-0.3, -0.25) is 4.79 Å². The van der Waals surface area contributed by atoms with Gasteiger partial charge in [0.1, 0.15) is 11.4 Å². The summed E-state index contributed by atoms with van der Waals surface area (Å²) in [5.41, 5.74) is 3.69. The summed E-state index contributed by atoms with van der Waals surface area (Å²) >= 11 is 0. The molecule has 3 heterocycles. The van der Waals surface area contributed by atoms with Gasteiger partial charge in [0.05, 0.1) is 6.26 Å². The molecule has 0 radical (unpaired) electrons. The fourth-order valence-corrected chi connectivity index (χ4v) is 3.58. The van der Waals surface area contributed by atoms with Gasteiger partial charge in [0.2, 0.25) is 0 Å². The Hall–Kier alpha value is -3.35. The number of H-pyrrole nitrogens is 1. The third-order valence-corrected chi connectivity index (χ3v) is 4.67. The van der Waals surface area contributed by atoms with Crippen LogP contribution in [-0.2, 0) is 0 Å². The van der Waals surface area contributed by atoms with Gasteiger partial charge < -0.3 is 19.8 Å². The van der Waals surface area contributed by atoms with Crippen molar-refractivity contribution < 1.29 is 19.1 Å². The quantitative estimate of drug-likeness (QED) is 0.619. The molecule has 1 amide bonds. The number of hydrogen-bond donors (Lipinski definition) is 3. The lowest BCUT2D eigenvalue weighted by atomic mass is 9.86. The summed E-state index contributed by atoms with van der Waals surface area (Å²) < 4.78 is 5.53. The zero-order chi connectivity index (χ0) is 18.1. The summed E-state index contributed by atoms with van der Waals surface area (Å²) in [5, 5.41) is 12.4. The van der Waals surface area contributed by atoms with Crippen molar-refractivity contribution in [1.82, 2.24) is 15.3 Å². The summed E-state index contributed by atoms with van der Waals surface area (Å²) in [5.74, 6) is 0.680. The van der Waals surface area contributed by atoms with Crippen molar-refractivity contribution in [3.05, 3.63) is 48.0 Å². The van der Waals surface area contributed by atoms with Gasteiger partial charge in [0.15, 0.2) is 6.29 Å². The molecule has 7 heteroatoms. The van der Waals surface area contributed by atoms with Gasteiger partial charge in [0, 0.05) is 40.5 Å². The lowest BCUT2D eigenvalue weighted by Crippen LogP contribution is -2.34. The molecule has 7 nitrogen and oxygen atoms in total. The number of nitrogens with one attached hydrogen (secondary N) is 2. The summed E-state index contributed by atoms with van der Waals surface area (Å²) in [4.78, 5) is 30.1. The second-order valence-electron chi connectivity index (χ2n) is 6.27. The second kappa shape index (κ2) is 6.51. The molecule has 0 bridgehead atoms. The minimum absolute atomic E-state index is 0.179. The van der Waals surface area contributed by atoms with E-state index in [0.717, 1.165) is 41.2 Å². The molecule has 0 spiro atoms. The Labute approximate surface area is 148 Å². The molecule has 26 heavy (non-hydrogen) atoms. The van der Waals surface area contributed by atoms with Crippen LogP contribution in [0.15, 0.2) is 41.3 Å². The minimum atomic E-state index is -1.04. The van der Waals surface area contributed by atoms with Crippen molar-refractivity contribution in [1.29, 1.82) is 0 Å². The van der Waals surface area contributed by atoms with Gasteiger partial charge >= 0.3 is 6.09 Å². The van der Waals surface area contributed by atoms with E-state index in [-0.39, 0.29) is 6.04 Å². The highest BCUT2D eigenvalue weighted by Crippen LogP contribution is 2.38. The number of furan rings is 1. The zero-order valence-electron chi connectivity index (χ0n) is 13.9. The third-order valence-electron chi connectivity index (χ3n) is 4.67. The normalized spacial score (nSPS) is 17.1. The van der Waals surface area contributed by atoms with Crippen molar-refractivity contribution in [2.24, 2.45) is 0 Å². The van der Waals surface area contributed by atoms with Crippen LogP contribution >= 0.6 is 0 Å². The van der Waals surface area contributed by atoms with Gasteiger partial charge in [-0.2, -0.15) is 0 Å². The monoisotopic (exact) mass is 351 g/mol. The number of aldehydes is 1. The van der Waals surface area contributed by atoms with Crippen molar-refractivity contribution >= 4 is 29.0 Å². The summed E-state index contributed by atoms with van der Waals surface area (Å²) in [6, 6.07) is 3.47. The number of fused-ring (bicyclic) bond motifs is 1. The number of carbonyl (C=O) groups is 2. The SMILES string of the molecule is O=Cc1cnc2[nH]cc(-c3ccco3)c2c1C1=CCCC(NC(=O)O)C1. The summed E-state index contributed by atoms with van der Waals surface area (Å²) in [6.45, 7) is 0. The van der Waals surface area contributed by atoms with Gasteiger partial charge in [-0.05, 0) is 37.0 Å². The number of carboxylic acid groups (broad SMARTS) is 1. The number of amides is 1. The third kappa shape index (κ3) is 2.77. The molecule has 3 aromatic heterocycles. The van der Waals surface area contributed by atoms with E-state index < -0.39 is 6.09 Å². The molecule has 1 aliphatic rings. The molecule has 3 N–H and O–H groups in total. The average Bonchev–Trinajstić information content (AvgIpc) is 3.29. The first kappa shape index (κ1) is 16.1. The van der Waals surface area contributed by atoms with Crippen LogP contribution in [0.1, 0.15) is 35.2 Å². The Morgan fingerprint density at radius 2 is 2.35 bits per heavy atom. The Morgan fingerprint density at radius 1 is 1.46 bits per heavy atom. The molecule has 132 valence electrons. The number of allylic oxidation sites excluding steroid dienone is 1. The van der Waals surface area contributed by atoms with Gasteiger partial charge in [-0.1, -0.05) is 6.08 Å². The molecule has 1 atom stereocenters. The topological polar surface area (TPSA) is 108 Å². The number of pyridine rings is 1. The molecule has 4 rings (SSSR count). The van der Waals surface area contributed by atoms with Crippen molar-refractivity contribution in [3.8, 4) is 11.3 Å². The Morgan fingerprint density at radius 3 is 3.08 bits per heavy atom. The van der Waals surface area contributed by atoms with E-state index in [0.29, 0.717) is 23.4 Å². The largest absolute Gasteiger partial charge is 0.465 e. The zero-order valence-corrected chi connectivity index (χ0v) is 13.9. The van der Waals surface area contributed by atoms with Crippen LogP contribution in [0.25, 0.3) is 27.9 Å². The first-order valence-corrected chi connectivity index (χ1v) is 8.35. The Kier molecular flexibility index (Phi) is 4.04. The standard InChI is InChI=1S/C19H17N3O4/c23-10-12-8-20-18-17(14(9-21-18)15-5-2-6-26-15)16(12)11-3-1-4-13(7-11)22-19(24)25/h2-3,5-6,8-10,13,22H,1,4,7H2,(H,20,21)(H,24,25). The van der Waals surface area contributed by atoms with E-state index in [1.807, 2.05) is 12.3 Å². The van der Waals surface area contributed by atoms with Crippen molar-refractivity contribution in [2.45, 2.75) is 25.3 Å². The van der Waals surface area contributed by atoms with E-state index in [9.17, 15) is 9.59 Å². The lowest BCUT2D eigenvalue weighted by molar-refractivity contribution is 0.112. The first-order valence-electron chi connectivity index (χ1n) is 8.35. The summed E-state index contributed by atoms with van der Waals surface area (Å²) in [6.07, 6.45) is 8.77. The van der Waals surface area contributed by atoms with E-state index in [1.165, 1.54) is 0 Å². The number of aromatic nitrogens is 2. The maximum absolute atomic E-state index is 11.7. The maximum Gasteiger partial charge on any atom is 0.404 e. The van der Waals surface area contributed by atoms with Crippen LogP contribution in [0.4, 0.5) is 4.79 Å². The van der Waals surface area contributed by atoms with E-state index in [1.54, 1.807) is 18.5 Å². The average molecular weight is 351 g/mol. The van der Waals surface area contributed by atoms with Crippen LogP contribution in [0.3, 0.4) is 0 Å². The molecular formula is C19H17N3O4. The van der Waals surface area contributed by atoms with Gasteiger partial charge in [-0.15, -0.1) is 0 Å². The number of nitrogens with zero attached hydrogens (tertiary/aromatic N) is 1. The Balaban J connectivity index is 1.88. The van der Waals surface area contributed by atoms with Crippen LogP contribution in [0.5, 0.6) is 0 Å². The fourth-order valence-electron chi connectivity index (χ4n) is 3.58. The van der Waals surface area contributed by atoms with Crippen molar-refractivity contribution in [3.63, 3.8) is 0 Å². The summed E-state index contributed by atoms with van der Waals surface area (Å²) in [7, 11) is 0. The predicted octanol–water partition coefficient (Wildman–Crippen LogP) is 3.84. The van der Waals surface area contributed by atoms with Gasteiger partial charge in [0.25, 0.3) is 0 Å². The first-order chi connectivity index (χ1) is 12.7. The molecule has 0 aliphatic heterocycles. The van der Waals surface area contributed by atoms with Crippen molar-refractivity contribution in [2.75, 3.05) is 0 Å². The molecular weight excluding hydrogens is 334 g/mol. The second-order valence-corrected chi connectivity index (χ2v) is 6.27. The van der Waals surface area contributed by atoms with E-state index in [2.05, 4.69) is 21.4 Å². The highest BCUT2D eigenvalue weighted by molar-refractivity contribution is 6.05. The van der Waals surface area contributed by atoms with E-state index >= 15 is 0 Å². The molecule has 0 aromatic carbocycles. The van der Waals surface area contributed by atoms with E-state index in [4.69, 9.17) is 9.52 Å². The molecule has 0 saturated carbocycles. The fraction of sp³-hybridized carbons (Fsp3) is 0.211.